The average Bonchev–Trinajstić information content (AvgIpc) is 2.14. The summed E-state index contributed by atoms with van der Waals surface area (Å²) in [7, 11) is 0. The molecular formula is C11H16IN. The molecule has 72 valence electrons. The summed E-state index contributed by atoms with van der Waals surface area (Å²) in [5.41, 5.74) is 1.40. The second kappa shape index (κ2) is 5.60. The van der Waals surface area contributed by atoms with Gasteiger partial charge in [0.15, 0.2) is 0 Å². The molecule has 13 heavy (non-hydrogen) atoms. The predicted molar refractivity (Wildman–Crippen MR) is 65.9 cm³/mol. The van der Waals surface area contributed by atoms with Crippen LogP contribution in [0.3, 0.4) is 0 Å². The SMILES string of the molecule is CCNC(CC)c1cccc(I)c1. The third-order valence-electron chi connectivity index (χ3n) is 2.11. The number of nitrogens with one attached hydrogen (secondary N) is 1. The van der Waals surface area contributed by atoms with Crippen LogP contribution in [0.4, 0.5) is 0 Å². The van der Waals surface area contributed by atoms with Crippen molar-refractivity contribution in [3.05, 3.63) is 33.4 Å². The van der Waals surface area contributed by atoms with Crippen LogP contribution in [-0.4, -0.2) is 6.54 Å². The quantitative estimate of drug-likeness (QED) is 0.838. The standard InChI is InChI=1S/C11H16IN/c1-3-11(13-4-2)9-6-5-7-10(12)8-9/h5-8,11,13H,3-4H2,1-2H3. The summed E-state index contributed by atoms with van der Waals surface area (Å²) in [6.45, 7) is 5.40. The lowest BCUT2D eigenvalue weighted by molar-refractivity contribution is 0.537. The second-order valence-corrected chi connectivity index (χ2v) is 4.32. The highest BCUT2D eigenvalue weighted by Gasteiger charge is 2.06. The summed E-state index contributed by atoms with van der Waals surface area (Å²) < 4.78 is 1.31. The maximum Gasteiger partial charge on any atom is 0.0317 e. The maximum atomic E-state index is 3.47. The van der Waals surface area contributed by atoms with Gasteiger partial charge in [-0.15, -0.1) is 0 Å². The molecule has 1 aromatic rings. The van der Waals surface area contributed by atoms with E-state index in [1.54, 1.807) is 0 Å². The molecular weight excluding hydrogens is 273 g/mol. The summed E-state index contributed by atoms with van der Waals surface area (Å²) >= 11 is 2.36. The Balaban J connectivity index is 2.78. The van der Waals surface area contributed by atoms with Gasteiger partial charge in [-0.3, -0.25) is 0 Å². The maximum absolute atomic E-state index is 3.47. The zero-order valence-corrected chi connectivity index (χ0v) is 10.3. The van der Waals surface area contributed by atoms with Crippen molar-refractivity contribution < 1.29 is 0 Å². The van der Waals surface area contributed by atoms with Crippen LogP contribution < -0.4 is 5.32 Å². The fourth-order valence-corrected chi connectivity index (χ4v) is 2.03. The fourth-order valence-electron chi connectivity index (χ4n) is 1.47. The summed E-state index contributed by atoms with van der Waals surface area (Å²) in [5, 5.41) is 3.47. The fraction of sp³-hybridized carbons (Fsp3) is 0.455. The summed E-state index contributed by atoms with van der Waals surface area (Å²) in [6, 6.07) is 9.20. The van der Waals surface area contributed by atoms with E-state index in [9.17, 15) is 0 Å². The molecule has 0 amide bonds. The highest BCUT2D eigenvalue weighted by Crippen LogP contribution is 2.18. The number of hydrogen-bond acceptors (Lipinski definition) is 1. The Morgan fingerprint density at radius 1 is 1.38 bits per heavy atom. The van der Waals surface area contributed by atoms with Crippen molar-refractivity contribution in [3.8, 4) is 0 Å². The highest BCUT2D eigenvalue weighted by molar-refractivity contribution is 14.1. The van der Waals surface area contributed by atoms with E-state index >= 15 is 0 Å². The molecule has 1 N–H and O–H groups in total. The van der Waals surface area contributed by atoms with Crippen LogP contribution in [-0.2, 0) is 0 Å². The first-order valence-electron chi connectivity index (χ1n) is 4.76. The Kier molecular flexibility index (Phi) is 4.73. The zero-order chi connectivity index (χ0) is 9.68. The molecule has 2 heteroatoms. The van der Waals surface area contributed by atoms with Gasteiger partial charge in [-0.1, -0.05) is 26.0 Å². The lowest BCUT2D eigenvalue weighted by atomic mass is 10.1. The molecule has 1 atom stereocenters. The lowest BCUT2D eigenvalue weighted by Crippen LogP contribution is -2.19. The van der Waals surface area contributed by atoms with E-state index < -0.39 is 0 Å². The molecule has 1 unspecified atom stereocenters. The van der Waals surface area contributed by atoms with Crippen molar-refractivity contribution in [2.24, 2.45) is 0 Å². The average molecular weight is 289 g/mol. The molecule has 0 heterocycles. The molecule has 0 bridgehead atoms. The smallest absolute Gasteiger partial charge is 0.0317 e. The highest BCUT2D eigenvalue weighted by atomic mass is 127. The lowest BCUT2D eigenvalue weighted by Gasteiger charge is -2.16. The van der Waals surface area contributed by atoms with Crippen LogP contribution in [0.1, 0.15) is 31.9 Å². The van der Waals surface area contributed by atoms with Crippen LogP contribution in [0.2, 0.25) is 0 Å². The second-order valence-electron chi connectivity index (χ2n) is 3.07. The van der Waals surface area contributed by atoms with Crippen LogP contribution in [0.15, 0.2) is 24.3 Å². The molecule has 1 aromatic carbocycles. The third kappa shape index (κ3) is 3.27. The van der Waals surface area contributed by atoms with Crippen LogP contribution in [0.25, 0.3) is 0 Å². The van der Waals surface area contributed by atoms with E-state index in [2.05, 4.69) is 66.0 Å². The van der Waals surface area contributed by atoms with Crippen molar-refractivity contribution in [2.75, 3.05) is 6.54 Å². The van der Waals surface area contributed by atoms with Gasteiger partial charge in [0.2, 0.25) is 0 Å². The van der Waals surface area contributed by atoms with Crippen molar-refractivity contribution in [1.29, 1.82) is 0 Å². The molecule has 0 saturated heterocycles. The third-order valence-corrected chi connectivity index (χ3v) is 2.78. The molecule has 1 rings (SSSR count). The number of halogens is 1. The molecule has 0 aliphatic heterocycles. The van der Waals surface area contributed by atoms with E-state index in [1.165, 1.54) is 9.13 Å². The van der Waals surface area contributed by atoms with E-state index in [4.69, 9.17) is 0 Å². The first-order chi connectivity index (χ1) is 6.27. The van der Waals surface area contributed by atoms with E-state index in [1.807, 2.05) is 0 Å². The molecule has 0 aliphatic rings. The largest absolute Gasteiger partial charge is 0.310 e. The molecule has 0 radical (unpaired) electrons. The van der Waals surface area contributed by atoms with Crippen molar-refractivity contribution in [3.63, 3.8) is 0 Å². The number of rotatable bonds is 4. The summed E-state index contributed by atoms with van der Waals surface area (Å²) in [5.74, 6) is 0. The first kappa shape index (κ1) is 11.0. The summed E-state index contributed by atoms with van der Waals surface area (Å²) in [6.07, 6.45) is 1.15. The zero-order valence-electron chi connectivity index (χ0n) is 8.18. The van der Waals surface area contributed by atoms with Gasteiger partial charge in [0.1, 0.15) is 0 Å². The molecule has 0 aromatic heterocycles. The molecule has 1 nitrogen and oxygen atoms in total. The number of benzene rings is 1. The molecule has 0 saturated carbocycles. The predicted octanol–water partition coefficient (Wildman–Crippen LogP) is 3.35. The van der Waals surface area contributed by atoms with Gasteiger partial charge in [0, 0.05) is 9.61 Å². The Bertz CT molecular complexity index is 260. The van der Waals surface area contributed by atoms with E-state index in [0.29, 0.717) is 6.04 Å². The monoisotopic (exact) mass is 289 g/mol. The molecule has 0 fully saturated rings. The van der Waals surface area contributed by atoms with Crippen LogP contribution in [0.5, 0.6) is 0 Å². The van der Waals surface area contributed by atoms with Gasteiger partial charge in [0.25, 0.3) is 0 Å². The van der Waals surface area contributed by atoms with Gasteiger partial charge >= 0.3 is 0 Å². The molecule has 0 spiro atoms. The first-order valence-corrected chi connectivity index (χ1v) is 5.84. The van der Waals surface area contributed by atoms with Crippen LogP contribution >= 0.6 is 22.6 Å². The Morgan fingerprint density at radius 3 is 2.69 bits per heavy atom. The van der Waals surface area contributed by atoms with E-state index in [-0.39, 0.29) is 0 Å². The van der Waals surface area contributed by atoms with Crippen LogP contribution in [0, 0.1) is 3.57 Å². The summed E-state index contributed by atoms with van der Waals surface area (Å²) in [4.78, 5) is 0. The topological polar surface area (TPSA) is 12.0 Å². The van der Waals surface area contributed by atoms with Gasteiger partial charge in [0.05, 0.1) is 0 Å². The van der Waals surface area contributed by atoms with E-state index in [0.717, 1.165) is 13.0 Å². The van der Waals surface area contributed by atoms with Gasteiger partial charge < -0.3 is 5.32 Å². The minimum atomic E-state index is 0.514. The van der Waals surface area contributed by atoms with Crippen molar-refractivity contribution in [2.45, 2.75) is 26.3 Å². The van der Waals surface area contributed by atoms with Gasteiger partial charge in [-0.2, -0.15) is 0 Å². The van der Waals surface area contributed by atoms with Gasteiger partial charge in [-0.05, 0) is 53.3 Å². The number of hydrogen-bond donors (Lipinski definition) is 1. The Morgan fingerprint density at radius 2 is 2.15 bits per heavy atom. The normalized spacial score (nSPS) is 12.8. The minimum absolute atomic E-state index is 0.514. The van der Waals surface area contributed by atoms with Gasteiger partial charge in [-0.25, -0.2) is 0 Å². The van der Waals surface area contributed by atoms with Crippen molar-refractivity contribution in [1.82, 2.24) is 5.32 Å². The van der Waals surface area contributed by atoms with Crippen molar-refractivity contribution >= 4 is 22.6 Å². The Hall–Kier alpha value is -0.0900. The Labute approximate surface area is 94.1 Å². The minimum Gasteiger partial charge on any atom is -0.310 e. The molecule has 0 aliphatic carbocycles.